The number of hydrogen-bond acceptors (Lipinski definition) is 2. The van der Waals surface area contributed by atoms with Gasteiger partial charge in [0.05, 0.1) is 6.04 Å². The number of hydrogen-bond donors (Lipinski definition) is 1. The minimum atomic E-state index is 0.316. The van der Waals surface area contributed by atoms with Crippen molar-refractivity contribution in [2.45, 2.75) is 19.4 Å². The summed E-state index contributed by atoms with van der Waals surface area (Å²) in [6, 6.07) is 18.2. The van der Waals surface area contributed by atoms with Gasteiger partial charge in [-0.25, -0.2) is 0 Å². The number of nitrogens with zero attached hydrogens (tertiary/aromatic N) is 1. The van der Waals surface area contributed by atoms with Gasteiger partial charge >= 0.3 is 0 Å². The highest BCUT2D eigenvalue weighted by Crippen LogP contribution is 2.28. The average Bonchev–Trinajstić information content (AvgIpc) is 2.42. The van der Waals surface area contributed by atoms with E-state index in [-0.39, 0.29) is 0 Å². The Morgan fingerprint density at radius 3 is 2.17 bits per heavy atom. The molecule has 2 aromatic carbocycles. The molecule has 1 unspecified atom stereocenters. The van der Waals surface area contributed by atoms with E-state index in [9.17, 15) is 5.11 Å². The molecule has 1 atom stereocenters. The normalized spacial score (nSPS) is 12.1. The van der Waals surface area contributed by atoms with Gasteiger partial charge in [-0.2, -0.15) is 0 Å². The van der Waals surface area contributed by atoms with Crippen LogP contribution in [0, 0.1) is 0 Å². The van der Waals surface area contributed by atoms with Crippen molar-refractivity contribution in [2.24, 2.45) is 0 Å². The monoisotopic (exact) mass is 241 g/mol. The molecule has 0 fully saturated rings. The highest BCUT2D eigenvalue weighted by Gasteiger charge is 2.15. The zero-order valence-electron chi connectivity index (χ0n) is 10.9. The third-order valence-electron chi connectivity index (χ3n) is 3.30. The van der Waals surface area contributed by atoms with Gasteiger partial charge in [0.25, 0.3) is 0 Å². The van der Waals surface area contributed by atoms with Gasteiger partial charge in [0.15, 0.2) is 0 Å². The van der Waals surface area contributed by atoms with Gasteiger partial charge in [-0.3, -0.25) is 0 Å². The zero-order valence-corrected chi connectivity index (χ0v) is 10.9. The van der Waals surface area contributed by atoms with Crippen molar-refractivity contribution >= 4 is 5.69 Å². The fourth-order valence-electron chi connectivity index (χ4n) is 2.27. The fourth-order valence-corrected chi connectivity index (χ4v) is 2.27. The molecule has 0 aliphatic heterocycles. The van der Waals surface area contributed by atoms with Gasteiger partial charge in [-0.15, -0.1) is 0 Å². The molecular formula is C16H19NO. The van der Waals surface area contributed by atoms with Crippen LogP contribution in [0.4, 0.5) is 5.69 Å². The Bertz CT molecular complexity index is 478. The van der Waals surface area contributed by atoms with E-state index in [0.29, 0.717) is 11.8 Å². The summed E-state index contributed by atoms with van der Waals surface area (Å²) in [7, 11) is 2.11. The SMILES string of the molecule is CCC(c1ccc(O)cc1)N(C)c1ccccc1. The van der Waals surface area contributed by atoms with E-state index in [2.05, 4.69) is 43.1 Å². The molecule has 2 heteroatoms. The summed E-state index contributed by atoms with van der Waals surface area (Å²) in [5, 5.41) is 9.35. The molecule has 2 nitrogen and oxygen atoms in total. The van der Waals surface area contributed by atoms with Crippen molar-refractivity contribution in [3.63, 3.8) is 0 Å². The summed E-state index contributed by atoms with van der Waals surface area (Å²) in [5.41, 5.74) is 2.43. The predicted octanol–water partition coefficient (Wildman–Crippen LogP) is 3.98. The first-order valence-corrected chi connectivity index (χ1v) is 6.29. The van der Waals surface area contributed by atoms with Crippen LogP contribution in [-0.4, -0.2) is 12.2 Å². The van der Waals surface area contributed by atoms with Crippen molar-refractivity contribution in [2.75, 3.05) is 11.9 Å². The van der Waals surface area contributed by atoms with E-state index in [4.69, 9.17) is 0 Å². The van der Waals surface area contributed by atoms with Gasteiger partial charge in [0.2, 0.25) is 0 Å². The van der Waals surface area contributed by atoms with E-state index in [0.717, 1.165) is 6.42 Å². The van der Waals surface area contributed by atoms with Crippen LogP contribution in [0.15, 0.2) is 54.6 Å². The number of para-hydroxylation sites is 1. The lowest BCUT2D eigenvalue weighted by atomic mass is 10.0. The van der Waals surface area contributed by atoms with Gasteiger partial charge in [0.1, 0.15) is 5.75 Å². The number of rotatable bonds is 4. The summed E-state index contributed by atoms with van der Waals surface area (Å²) in [6.07, 6.45) is 1.02. The zero-order chi connectivity index (χ0) is 13.0. The Hall–Kier alpha value is -1.96. The summed E-state index contributed by atoms with van der Waals surface area (Å²) in [4.78, 5) is 2.27. The van der Waals surface area contributed by atoms with E-state index < -0.39 is 0 Å². The van der Waals surface area contributed by atoms with E-state index in [1.54, 1.807) is 12.1 Å². The highest BCUT2D eigenvalue weighted by atomic mass is 16.3. The number of phenolic OH excluding ortho intramolecular Hbond substituents is 1. The van der Waals surface area contributed by atoms with E-state index in [1.165, 1.54) is 11.3 Å². The minimum absolute atomic E-state index is 0.316. The molecule has 0 heterocycles. The molecule has 1 N–H and O–H groups in total. The smallest absolute Gasteiger partial charge is 0.115 e. The molecule has 0 amide bonds. The molecule has 0 spiro atoms. The summed E-state index contributed by atoms with van der Waals surface area (Å²) in [6.45, 7) is 2.18. The van der Waals surface area contributed by atoms with Crippen LogP contribution >= 0.6 is 0 Å². The maximum absolute atomic E-state index is 9.35. The Balaban J connectivity index is 2.26. The Morgan fingerprint density at radius 2 is 1.61 bits per heavy atom. The number of anilines is 1. The van der Waals surface area contributed by atoms with Crippen LogP contribution < -0.4 is 4.90 Å². The second-order valence-electron chi connectivity index (χ2n) is 4.46. The first kappa shape index (κ1) is 12.5. The summed E-state index contributed by atoms with van der Waals surface area (Å²) < 4.78 is 0. The van der Waals surface area contributed by atoms with Crippen molar-refractivity contribution in [3.05, 3.63) is 60.2 Å². The molecular weight excluding hydrogens is 222 g/mol. The average molecular weight is 241 g/mol. The van der Waals surface area contributed by atoms with Crippen LogP contribution in [-0.2, 0) is 0 Å². The second kappa shape index (κ2) is 5.58. The Morgan fingerprint density at radius 1 is 1.00 bits per heavy atom. The number of benzene rings is 2. The minimum Gasteiger partial charge on any atom is -0.508 e. The van der Waals surface area contributed by atoms with Crippen molar-refractivity contribution in [3.8, 4) is 5.75 Å². The van der Waals surface area contributed by atoms with Crippen molar-refractivity contribution < 1.29 is 5.11 Å². The molecule has 0 aliphatic carbocycles. The lowest BCUT2D eigenvalue weighted by Gasteiger charge is -2.29. The lowest BCUT2D eigenvalue weighted by Crippen LogP contribution is -2.23. The summed E-state index contributed by atoms with van der Waals surface area (Å²) in [5.74, 6) is 0.316. The Labute approximate surface area is 109 Å². The second-order valence-corrected chi connectivity index (χ2v) is 4.46. The first-order valence-electron chi connectivity index (χ1n) is 6.29. The molecule has 0 aromatic heterocycles. The van der Waals surface area contributed by atoms with E-state index >= 15 is 0 Å². The topological polar surface area (TPSA) is 23.5 Å². The van der Waals surface area contributed by atoms with Gasteiger partial charge in [-0.1, -0.05) is 37.3 Å². The number of aromatic hydroxyl groups is 1. The third kappa shape index (κ3) is 2.65. The molecule has 94 valence electrons. The molecule has 0 saturated heterocycles. The Kier molecular flexibility index (Phi) is 3.88. The van der Waals surface area contributed by atoms with Crippen LogP contribution in [0.1, 0.15) is 24.9 Å². The molecule has 0 bridgehead atoms. The largest absolute Gasteiger partial charge is 0.508 e. The maximum atomic E-state index is 9.35. The summed E-state index contributed by atoms with van der Waals surface area (Å²) >= 11 is 0. The molecule has 0 radical (unpaired) electrons. The number of phenols is 1. The third-order valence-corrected chi connectivity index (χ3v) is 3.30. The van der Waals surface area contributed by atoms with Gasteiger partial charge in [-0.05, 0) is 36.2 Å². The van der Waals surface area contributed by atoms with Crippen LogP contribution in [0.5, 0.6) is 5.75 Å². The van der Waals surface area contributed by atoms with Crippen LogP contribution in [0.2, 0.25) is 0 Å². The van der Waals surface area contributed by atoms with E-state index in [1.807, 2.05) is 18.2 Å². The fraction of sp³-hybridized carbons (Fsp3) is 0.250. The molecule has 2 aromatic rings. The predicted molar refractivity (Wildman–Crippen MR) is 76.0 cm³/mol. The first-order chi connectivity index (χ1) is 8.72. The van der Waals surface area contributed by atoms with Gasteiger partial charge in [0, 0.05) is 12.7 Å². The van der Waals surface area contributed by atoms with Crippen LogP contribution in [0.3, 0.4) is 0 Å². The van der Waals surface area contributed by atoms with Gasteiger partial charge < -0.3 is 10.0 Å². The highest BCUT2D eigenvalue weighted by molar-refractivity contribution is 5.48. The van der Waals surface area contributed by atoms with Crippen molar-refractivity contribution in [1.82, 2.24) is 0 Å². The molecule has 0 saturated carbocycles. The lowest BCUT2D eigenvalue weighted by molar-refractivity contribution is 0.474. The molecule has 0 aliphatic rings. The van der Waals surface area contributed by atoms with Crippen molar-refractivity contribution in [1.29, 1.82) is 0 Å². The maximum Gasteiger partial charge on any atom is 0.115 e. The standard InChI is InChI=1S/C16H19NO/c1-3-16(13-9-11-15(18)12-10-13)17(2)14-7-5-4-6-8-14/h4-12,16,18H,3H2,1-2H3. The van der Waals surface area contributed by atoms with Crippen LogP contribution in [0.25, 0.3) is 0 Å². The molecule has 2 rings (SSSR count). The molecule has 18 heavy (non-hydrogen) atoms. The quantitative estimate of drug-likeness (QED) is 0.875.